The van der Waals surface area contributed by atoms with Gasteiger partial charge in [-0.05, 0) is 26.3 Å². The standard InChI is InChI=1S/C9H19NS/c1-9-5-3-2-4-6-10(9)7-8-11/h9,11H,2-8H2,1H3. The molecule has 0 aromatic carbocycles. The summed E-state index contributed by atoms with van der Waals surface area (Å²) in [7, 11) is 0. The van der Waals surface area contributed by atoms with Crippen molar-refractivity contribution in [2.75, 3.05) is 18.8 Å². The molecule has 1 fully saturated rings. The molecule has 1 nitrogen and oxygen atoms in total. The van der Waals surface area contributed by atoms with Crippen LogP contribution < -0.4 is 0 Å². The molecule has 1 aliphatic rings. The Kier molecular flexibility index (Phi) is 4.31. The molecule has 66 valence electrons. The van der Waals surface area contributed by atoms with Gasteiger partial charge in [-0.2, -0.15) is 12.6 Å². The SMILES string of the molecule is CC1CCCCCN1CCS. The van der Waals surface area contributed by atoms with Gasteiger partial charge in [-0.3, -0.25) is 4.90 Å². The fourth-order valence-corrected chi connectivity index (χ4v) is 2.05. The summed E-state index contributed by atoms with van der Waals surface area (Å²) in [5, 5.41) is 0. The van der Waals surface area contributed by atoms with Gasteiger partial charge < -0.3 is 0 Å². The van der Waals surface area contributed by atoms with Gasteiger partial charge in [-0.25, -0.2) is 0 Å². The van der Waals surface area contributed by atoms with Crippen molar-refractivity contribution in [2.24, 2.45) is 0 Å². The van der Waals surface area contributed by atoms with Crippen LogP contribution in [0.4, 0.5) is 0 Å². The molecule has 0 bridgehead atoms. The second-order valence-electron chi connectivity index (χ2n) is 3.46. The number of rotatable bonds is 2. The third-order valence-electron chi connectivity index (χ3n) is 2.58. The predicted octanol–water partition coefficient (Wildman–Crippen LogP) is 2.18. The lowest BCUT2D eigenvalue weighted by molar-refractivity contribution is 0.227. The minimum absolute atomic E-state index is 0.796. The number of nitrogens with zero attached hydrogens (tertiary/aromatic N) is 1. The van der Waals surface area contributed by atoms with Gasteiger partial charge in [0.2, 0.25) is 0 Å². The summed E-state index contributed by atoms with van der Waals surface area (Å²) in [5.41, 5.74) is 0. The zero-order valence-corrected chi connectivity index (χ0v) is 8.32. The van der Waals surface area contributed by atoms with Gasteiger partial charge in [0.05, 0.1) is 0 Å². The van der Waals surface area contributed by atoms with Crippen molar-refractivity contribution in [3.63, 3.8) is 0 Å². The Morgan fingerprint density at radius 3 is 2.91 bits per heavy atom. The van der Waals surface area contributed by atoms with E-state index in [4.69, 9.17) is 0 Å². The van der Waals surface area contributed by atoms with Gasteiger partial charge >= 0.3 is 0 Å². The topological polar surface area (TPSA) is 3.24 Å². The lowest BCUT2D eigenvalue weighted by Gasteiger charge is -2.25. The van der Waals surface area contributed by atoms with Gasteiger partial charge in [0.15, 0.2) is 0 Å². The van der Waals surface area contributed by atoms with Crippen LogP contribution in [0.15, 0.2) is 0 Å². The molecule has 0 N–H and O–H groups in total. The number of hydrogen-bond acceptors (Lipinski definition) is 2. The molecular formula is C9H19NS. The minimum atomic E-state index is 0.796. The fourth-order valence-electron chi connectivity index (χ4n) is 1.80. The van der Waals surface area contributed by atoms with Crippen LogP contribution >= 0.6 is 12.6 Å². The zero-order chi connectivity index (χ0) is 8.10. The monoisotopic (exact) mass is 173 g/mol. The van der Waals surface area contributed by atoms with Crippen LogP contribution in [0.5, 0.6) is 0 Å². The molecule has 1 unspecified atom stereocenters. The van der Waals surface area contributed by atoms with Crippen molar-refractivity contribution in [1.82, 2.24) is 4.90 Å². The van der Waals surface area contributed by atoms with Gasteiger partial charge in [0, 0.05) is 18.3 Å². The van der Waals surface area contributed by atoms with Crippen molar-refractivity contribution in [1.29, 1.82) is 0 Å². The van der Waals surface area contributed by atoms with Crippen LogP contribution in [0.1, 0.15) is 32.6 Å². The second-order valence-corrected chi connectivity index (χ2v) is 3.91. The Morgan fingerprint density at radius 2 is 2.18 bits per heavy atom. The van der Waals surface area contributed by atoms with Gasteiger partial charge in [0.1, 0.15) is 0 Å². The number of likely N-dealkylation sites (tertiary alicyclic amines) is 1. The molecule has 0 aromatic rings. The smallest absolute Gasteiger partial charge is 0.00727 e. The summed E-state index contributed by atoms with van der Waals surface area (Å²) >= 11 is 4.26. The van der Waals surface area contributed by atoms with E-state index in [1.54, 1.807) is 0 Å². The van der Waals surface area contributed by atoms with Crippen LogP contribution in [-0.2, 0) is 0 Å². The fraction of sp³-hybridized carbons (Fsp3) is 1.00. The van der Waals surface area contributed by atoms with Crippen LogP contribution in [0.3, 0.4) is 0 Å². The lowest BCUT2D eigenvalue weighted by atomic mass is 10.1. The summed E-state index contributed by atoms with van der Waals surface area (Å²) in [5.74, 6) is 1.00. The van der Waals surface area contributed by atoms with Crippen LogP contribution in [-0.4, -0.2) is 29.8 Å². The minimum Gasteiger partial charge on any atom is -0.300 e. The molecule has 1 aliphatic heterocycles. The Hall–Kier alpha value is 0.310. The van der Waals surface area contributed by atoms with E-state index in [1.807, 2.05) is 0 Å². The molecule has 0 amide bonds. The molecule has 1 rings (SSSR count). The molecule has 0 aromatic heterocycles. The highest BCUT2D eigenvalue weighted by Gasteiger charge is 2.14. The second kappa shape index (κ2) is 5.04. The maximum absolute atomic E-state index is 4.26. The summed E-state index contributed by atoms with van der Waals surface area (Å²) < 4.78 is 0. The highest BCUT2D eigenvalue weighted by molar-refractivity contribution is 7.80. The van der Waals surface area contributed by atoms with Crippen molar-refractivity contribution in [3.05, 3.63) is 0 Å². The van der Waals surface area contributed by atoms with Crippen LogP contribution in [0, 0.1) is 0 Å². The average molecular weight is 173 g/mol. The lowest BCUT2D eigenvalue weighted by Crippen LogP contribution is -2.34. The van der Waals surface area contributed by atoms with Gasteiger partial charge in [0.25, 0.3) is 0 Å². The molecule has 0 aliphatic carbocycles. The largest absolute Gasteiger partial charge is 0.300 e. The third-order valence-corrected chi connectivity index (χ3v) is 2.78. The highest BCUT2D eigenvalue weighted by atomic mass is 32.1. The normalized spacial score (nSPS) is 28.4. The van der Waals surface area contributed by atoms with Crippen LogP contribution in [0.2, 0.25) is 0 Å². The van der Waals surface area contributed by atoms with E-state index in [0.717, 1.165) is 11.8 Å². The molecule has 0 spiro atoms. The summed E-state index contributed by atoms with van der Waals surface area (Å²) in [4.78, 5) is 2.57. The molecular weight excluding hydrogens is 154 g/mol. The van der Waals surface area contributed by atoms with Crippen molar-refractivity contribution >= 4 is 12.6 Å². The summed E-state index contributed by atoms with van der Waals surface area (Å²) in [6.07, 6.45) is 5.61. The molecule has 1 atom stereocenters. The van der Waals surface area contributed by atoms with E-state index >= 15 is 0 Å². The first-order valence-corrected chi connectivity index (χ1v) is 5.32. The summed E-state index contributed by atoms with van der Waals surface area (Å²) in [6, 6.07) is 0.796. The average Bonchev–Trinajstić information content (AvgIpc) is 2.18. The first-order chi connectivity index (χ1) is 5.34. The highest BCUT2D eigenvalue weighted by Crippen LogP contribution is 2.15. The molecule has 2 heteroatoms. The van der Waals surface area contributed by atoms with Gasteiger partial charge in [-0.1, -0.05) is 12.8 Å². The van der Waals surface area contributed by atoms with E-state index in [1.165, 1.54) is 38.8 Å². The maximum Gasteiger partial charge on any atom is 0.00727 e. The Balaban J connectivity index is 2.32. The maximum atomic E-state index is 4.26. The predicted molar refractivity (Wildman–Crippen MR) is 53.4 cm³/mol. The van der Waals surface area contributed by atoms with Crippen molar-refractivity contribution in [2.45, 2.75) is 38.6 Å². The molecule has 1 heterocycles. The van der Waals surface area contributed by atoms with Crippen molar-refractivity contribution in [3.8, 4) is 0 Å². The number of thiol groups is 1. The zero-order valence-electron chi connectivity index (χ0n) is 7.42. The van der Waals surface area contributed by atoms with Crippen LogP contribution in [0.25, 0.3) is 0 Å². The van der Waals surface area contributed by atoms with E-state index in [9.17, 15) is 0 Å². The molecule has 11 heavy (non-hydrogen) atoms. The van der Waals surface area contributed by atoms with E-state index in [0.29, 0.717) is 0 Å². The number of hydrogen-bond donors (Lipinski definition) is 1. The molecule has 1 saturated heterocycles. The quantitative estimate of drug-likeness (QED) is 0.626. The van der Waals surface area contributed by atoms with Crippen molar-refractivity contribution < 1.29 is 0 Å². The van der Waals surface area contributed by atoms with Gasteiger partial charge in [-0.15, -0.1) is 0 Å². The van der Waals surface area contributed by atoms with E-state index < -0.39 is 0 Å². The Labute approximate surface area is 75.6 Å². The molecule has 0 radical (unpaired) electrons. The Morgan fingerprint density at radius 1 is 1.36 bits per heavy atom. The summed E-state index contributed by atoms with van der Waals surface area (Å²) in [6.45, 7) is 4.81. The van der Waals surface area contributed by atoms with E-state index in [-0.39, 0.29) is 0 Å². The third kappa shape index (κ3) is 3.04. The molecule has 0 saturated carbocycles. The first-order valence-electron chi connectivity index (χ1n) is 4.69. The van der Waals surface area contributed by atoms with E-state index in [2.05, 4.69) is 24.5 Å². The first kappa shape index (κ1) is 9.40. The Bertz CT molecular complexity index is 106.